The number of aromatic nitrogens is 2. The number of benzene rings is 5. The van der Waals surface area contributed by atoms with Crippen LogP contribution in [0.15, 0.2) is 146 Å². The van der Waals surface area contributed by atoms with Crippen LogP contribution in [0.1, 0.15) is 36.2 Å². The van der Waals surface area contributed by atoms with Crippen molar-refractivity contribution in [2.45, 2.75) is 26.2 Å². The quantitative estimate of drug-likeness (QED) is 0.0859. The van der Waals surface area contributed by atoms with Gasteiger partial charge in [0.15, 0.2) is 5.69 Å². The number of nitriles is 1. The lowest BCUT2D eigenvalue weighted by molar-refractivity contribution is -0.666. The summed E-state index contributed by atoms with van der Waals surface area (Å²) >= 11 is 0. The van der Waals surface area contributed by atoms with Crippen LogP contribution >= 0.6 is 0 Å². The normalized spacial score (nSPS) is 10.5. The molecule has 0 radical (unpaired) electrons. The first kappa shape index (κ1) is 50.0. The topological polar surface area (TPSA) is 53.3 Å². The Labute approximate surface area is 405 Å². The van der Waals surface area contributed by atoms with Crippen LogP contribution in [0.5, 0.6) is 11.5 Å². The standard InChI is InChI=1S/C33H33FN3O.C20H19FNO.2HI/c1-36(22-6-4-5-21-35)30-16-7-25(8-17-30)9-18-31-23-28(26-12-19-32(38-3)20-13-26)24-33(37(31)2)27-10-14-29(34)15-11-27;1-14-12-17(15-6-10-19(23-3)11-7-15)13-20(22(14)2)16-4-8-18(21)9-5-16;;/h7-20,23-24H,4-6,22H2,1-3H3;4-13H,1-3H3;2*1H/q2*+1;;/p-2. The van der Waals surface area contributed by atoms with Crippen molar-refractivity contribution in [2.24, 2.45) is 14.1 Å². The number of nitrogens with zero attached hydrogens (tertiary/aromatic N) is 4. The molecule has 0 saturated heterocycles. The minimum Gasteiger partial charge on any atom is -1.00 e. The molecule has 0 amide bonds. The predicted molar refractivity (Wildman–Crippen MR) is 243 cm³/mol. The van der Waals surface area contributed by atoms with E-state index in [1.165, 1.54) is 24.3 Å². The first-order valence-electron chi connectivity index (χ1n) is 20.3. The van der Waals surface area contributed by atoms with Gasteiger partial charge in [0, 0.05) is 74.1 Å². The van der Waals surface area contributed by atoms with Crippen molar-refractivity contribution in [3.05, 3.63) is 174 Å². The van der Waals surface area contributed by atoms with E-state index < -0.39 is 0 Å². The Morgan fingerprint density at radius 3 is 1.51 bits per heavy atom. The van der Waals surface area contributed by atoms with Gasteiger partial charge in [-0.25, -0.2) is 8.78 Å². The molecule has 7 aromatic rings. The van der Waals surface area contributed by atoms with E-state index in [1.807, 2.05) is 86.9 Å². The number of halogens is 4. The molecule has 0 bridgehead atoms. The number of hydrogen-bond donors (Lipinski definition) is 0. The van der Waals surface area contributed by atoms with Gasteiger partial charge in [-0.05, 0) is 132 Å². The maximum Gasteiger partial charge on any atom is 0.213 e. The SMILES string of the molecule is COc1ccc(-c2cc(/C=C/c3ccc(N(C)CCCCC#N)cc3)[n+](C)c(-c3ccc(F)cc3)c2)cc1.COc1ccc(-c2cc(C)[n+](C)c(-c3ccc(F)cc3)c2)cc1.[I-].[I-]. The van der Waals surface area contributed by atoms with E-state index >= 15 is 0 Å². The van der Waals surface area contributed by atoms with Crippen molar-refractivity contribution in [1.29, 1.82) is 5.26 Å². The van der Waals surface area contributed by atoms with E-state index in [-0.39, 0.29) is 59.6 Å². The average Bonchev–Trinajstić information content (AvgIpc) is 3.29. The van der Waals surface area contributed by atoms with Crippen molar-refractivity contribution in [1.82, 2.24) is 0 Å². The van der Waals surface area contributed by atoms with Crippen LogP contribution < -0.4 is 71.5 Å². The van der Waals surface area contributed by atoms with Crippen molar-refractivity contribution in [3.8, 4) is 62.3 Å². The molecule has 0 atom stereocenters. The summed E-state index contributed by atoms with van der Waals surface area (Å²) in [6.07, 6.45) is 6.76. The predicted octanol–water partition coefficient (Wildman–Crippen LogP) is 5.60. The second-order valence-corrected chi connectivity index (χ2v) is 14.9. The first-order chi connectivity index (χ1) is 29.6. The van der Waals surface area contributed by atoms with Crippen LogP contribution in [0.2, 0.25) is 0 Å². The molecule has 0 fully saturated rings. The molecule has 5 aromatic carbocycles. The van der Waals surface area contributed by atoms with E-state index in [4.69, 9.17) is 14.7 Å². The van der Waals surface area contributed by atoms with Crippen LogP contribution in [0.3, 0.4) is 0 Å². The van der Waals surface area contributed by atoms with Crippen molar-refractivity contribution in [3.63, 3.8) is 0 Å². The molecule has 324 valence electrons. The Balaban J connectivity index is 0.000000299. The molecule has 6 nitrogen and oxygen atoms in total. The van der Waals surface area contributed by atoms with Gasteiger partial charge in [0.2, 0.25) is 17.1 Å². The van der Waals surface area contributed by atoms with Gasteiger partial charge >= 0.3 is 0 Å². The number of methoxy groups -OCH3 is 2. The summed E-state index contributed by atoms with van der Waals surface area (Å²) in [6.45, 7) is 3.00. The average molecular weight is 1070 g/mol. The van der Waals surface area contributed by atoms with Gasteiger partial charge in [-0.3, -0.25) is 0 Å². The molecule has 0 unspecified atom stereocenters. The lowest BCUT2D eigenvalue weighted by Crippen LogP contribution is -3.00. The third kappa shape index (κ3) is 13.4. The highest BCUT2D eigenvalue weighted by atomic mass is 127. The molecule has 0 aliphatic rings. The first-order valence-corrected chi connectivity index (χ1v) is 20.3. The summed E-state index contributed by atoms with van der Waals surface area (Å²) in [4.78, 5) is 2.22. The minimum absolute atomic E-state index is 0. The molecule has 0 saturated carbocycles. The molecule has 0 aliphatic carbocycles. The summed E-state index contributed by atoms with van der Waals surface area (Å²) in [7, 11) is 9.45. The van der Waals surface area contributed by atoms with Gasteiger partial charge in [0.1, 0.15) is 37.2 Å². The Hall–Kier alpha value is -5.65. The fourth-order valence-corrected chi connectivity index (χ4v) is 7.04. The molecular weight excluding hydrogens is 1020 g/mol. The minimum atomic E-state index is -0.251. The largest absolute Gasteiger partial charge is 1.00 e. The Bertz CT molecular complexity index is 2610. The second-order valence-electron chi connectivity index (χ2n) is 14.9. The molecular formula is C53H52F2I2N4O2. The number of aryl methyl sites for hydroxylation is 1. The third-order valence-electron chi connectivity index (χ3n) is 10.8. The van der Waals surface area contributed by atoms with Gasteiger partial charge in [0.25, 0.3) is 0 Å². The second kappa shape index (κ2) is 24.3. The van der Waals surface area contributed by atoms with Gasteiger partial charge in [-0.15, -0.1) is 0 Å². The van der Waals surface area contributed by atoms with Crippen LogP contribution in [-0.4, -0.2) is 27.8 Å². The summed E-state index contributed by atoms with van der Waals surface area (Å²) in [6, 6.07) is 48.5. The van der Waals surface area contributed by atoms with Crippen molar-refractivity contribution in [2.75, 3.05) is 32.7 Å². The molecule has 7 rings (SSSR count). The van der Waals surface area contributed by atoms with Gasteiger partial charge in [0.05, 0.1) is 20.3 Å². The highest BCUT2D eigenvalue weighted by Crippen LogP contribution is 2.29. The van der Waals surface area contributed by atoms with Crippen LogP contribution in [-0.2, 0) is 14.1 Å². The zero-order chi connectivity index (χ0) is 43.3. The van der Waals surface area contributed by atoms with E-state index in [1.54, 1.807) is 14.2 Å². The lowest BCUT2D eigenvalue weighted by Gasteiger charge is -2.19. The number of hydrogen-bond acceptors (Lipinski definition) is 4. The summed E-state index contributed by atoms with van der Waals surface area (Å²) in [5, 5.41) is 8.71. The van der Waals surface area contributed by atoms with Crippen LogP contribution in [0.25, 0.3) is 56.9 Å². The fraction of sp³-hybridized carbons (Fsp3) is 0.189. The molecule has 2 heterocycles. The summed E-state index contributed by atoms with van der Waals surface area (Å²) in [5.41, 5.74) is 12.8. The molecule has 2 aromatic heterocycles. The number of unbranched alkanes of at least 4 members (excludes halogenated alkanes) is 2. The fourth-order valence-electron chi connectivity index (χ4n) is 7.04. The number of anilines is 1. The smallest absolute Gasteiger partial charge is 0.213 e. The summed E-state index contributed by atoms with van der Waals surface area (Å²) < 4.78 is 41.6. The van der Waals surface area contributed by atoms with E-state index in [9.17, 15) is 8.78 Å². The molecule has 0 aliphatic heterocycles. The maximum absolute atomic E-state index is 13.6. The monoisotopic (exact) mass is 1070 g/mol. The van der Waals surface area contributed by atoms with Crippen LogP contribution in [0, 0.1) is 29.9 Å². The highest BCUT2D eigenvalue weighted by Gasteiger charge is 2.18. The number of rotatable bonds is 13. The number of ether oxygens (including phenoxy) is 2. The lowest BCUT2D eigenvalue weighted by atomic mass is 10.0. The van der Waals surface area contributed by atoms with E-state index in [0.29, 0.717) is 6.42 Å². The zero-order valence-corrected chi connectivity index (χ0v) is 40.8. The Morgan fingerprint density at radius 1 is 0.571 bits per heavy atom. The molecule has 0 N–H and O–H groups in total. The van der Waals surface area contributed by atoms with E-state index in [0.717, 1.165) is 98.3 Å². The Kier molecular flexibility index (Phi) is 19.3. The molecule has 10 heteroatoms. The maximum atomic E-state index is 13.6. The Morgan fingerprint density at radius 2 is 1.03 bits per heavy atom. The third-order valence-corrected chi connectivity index (χ3v) is 10.8. The van der Waals surface area contributed by atoms with Crippen molar-refractivity contribution < 1.29 is 75.3 Å². The number of pyridine rings is 2. The van der Waals surface area contributed by atoms with Gasteiger partial charge in [-0.1, -0.05) is 36.4 Å². The van der Waals surface area contributed by atoms with Crippen LogP contribution in [0.4, 0.5) is 14.5 Å². The molecule has 0 spiro atoms. The summed E-state index contributed by atoms with van der Waals surface area (Å²) in [5.74, 6) is 1.18. The van der Waals surface area contributed by atoms with Gasteiger partial charge < -0.3 is 62.3 Å². The zero-order valence-electron chi connectivity index (χ0n) is 36.5. The molecule has 63 heavy (non-hydrogen) atoms. The highest BCUT2D eigenvalue weighted by molar-refractivity contribution is 5.75. The van der Waals surface area contributed by atoms with E-state index in [2.05, 4.69) is 94.8 Å². The van der Waals surface area contributed by atoms with Crippen molar-refractivity contribution >= 4 is 17.8 Å². The van der Waals surface area contributed by atoms with Gasteiger partial charge in [-0.2, -0.15) is 14.4 Å².